The molecule has 0 aliphatic carbocycles. The fraction of sp³-hybridized carbons (Fsp3) is 0.429. The lowest BCUT2D eigenvalue weighted by atomic mass is 10.1. The molecule has 116 valence electrons. The molecule has 0 N–H and O–H groups in total. The molecule has 21 heavy (non-hydrogen) atoms. The summed E-state index contributed by atoms with van der Waals surface area (Å²) in [6, 6.07) is 3.30. The standard InChI is InChI=1S/C14H17F2NO4/c1-3-21-12(18)9-17(7-8-20-2)14(19)10-5-4-6-11(15)13(10)16/h4-6H,3,7-9H2,1-2H3. The van der Waals surface area contributed by atoms with Crippen molar-refractivity contribution in [3.63, 3.8) is 0 Å². The van der Waals surface area contributed by atoms with Crippen LogP contribution in [0.25, 0.3) is 0 Å². The van der Waals surface area contributed by atoms with Crippen LogP contribution in [-0.4, -0.2) is 50.2 Å². The number of amides is 1. The summed E-state index contributed by atoms with van der Waals surface area (Å²) in [4.78, 5) is 24.8. The molecule has 0 fully saturated rings. The van der Waals surface area contributed by atoms with Crippen LogP contribution in [-0.2, 0) is 14.3 Å². The Bertz CT molecular complexity index is 508. The molecule has 0 aromatic heterocycles. The smallest absolute Gasteiger partial charge is 0.325 e. The predicted molar refractivity (Wildman–Crippen MR) is 70.8 cm³/mol. The molecule has 0 aliphatic rings. The third-order valence-corrected chi connectivity index (χ3v) is 2.66. The normalized spacial score (nSPS) is 10.3. The second-order valence-electron chi connectivity index (χ2n) is 4.13. The summed E-state index contributed by atoms with van der Waals surface area (Å²) in [5.74, 6) is -3.78. The maximum atomic E-state index is 13.7. The number of hydrogen-bond donors (Lipinski definition) is 0. The first-order chi connectivity index (χ1) is 10.0. The lowest BCUT2D eigenvalue weighted by molar-refractivity contribution is -0.143. The largest absolute Gasteiger partial charge is 0.465 e. The number of ether oxygens (including phenoxy) is 2. The van der Waals surface area contributed by atoms with Crippen LogP contribution >= 0.6 is 0 Å². The first-order valence-corrected chi connectivity index (χ1v) is 6.39. The molecule has 1 aromatic rings. The monoisotopic (exact) mass is 301 g/mol. The van der Waals surface area contributed by atoms with E-state index >= 15 is 0 Å². The van der Waals surface area contributed by atoms with Gasteiger partial charge >= 0.3 is 5.97 Å². The van der Waals surface area contributed by atoms with Crippen LogP contribution in [0.2, 0.25) is 0 Å². The topological polar surface area (TPSA) is 55.8 Å². The third-order valence-electron chi connectivity index (χ3n) is 2.66. The van der Waals surface area contributed by atoms with Crippen molar-refractivity contribution in [1.29, 1.82) is 0 Å². The number of carbonyl (C=O) groups is 2. The van der Waals surface area contributed by atoms with Crippen LogP contribution in [0.1, 0.15) is 17.3 Å². The molecule has 5 nitrogen and oxygen atoms in total. The second-order valence-corrected chi connectivity index (χ2v) is 4.13. The molecule has 0 unspecified atom stereocenters. The maximum Gasteiger partial charge on any atom is 0.325 e. The highest BCUT2D eigenvalue weighted by Crippen LogP contribution is 2.14. The SMILES string of the molecule is CCOC(=O)CN(CCOC)C(=O)c1cccc(F)c1F. The number of methoxy groups -OCH3 is 1. The minimum absolute atomic E-state index is 0.0596. The summed E-state index contributed by atoms with van der Waals surface area (Å²) >= 11 is 0. The summed E-state index contributed by atoms with van der Waals surface area (Å²) in [5.41, 5.74) is -0.435. The van der Waals surface area contributed by atoms with Crippen LogP contribution in [0.3, 0.4) is 0 Å². The maximum absolute atomic E-state index is 13.7. The Labute approximate surface area is 121 Å². The van der Waals surface area contributed by atoms with Crippen LogP contribution < -0.4 is 0 Å². The molecule has 1 rings (SSSR count). The van der Waals surface area contributed by atoms with Gasteiger partial charge in [-0.25, -0.2) is 8.78 Å². The van der Waals surface area contributed by atoms with E-state index in [2.05, 4.69) is 0 Å². The van der Waals surface area contributed by atoms with E-state index in [0.717, 1.165) is 17.0 Å². The Balaban J connectivity index is 2.93. The van der Waals surface area contributed by atoms with E-state index in [1.807, 2.05) is 0 Å². The average Bonchev–Trinajstić information content (AvgIpc) is 2.46. The molecule has 1 aromatic carbocycles. The highest BCUT2D eigenvalue weighted by atomic mass is 19.2. The highest BCUT2D eigenvalue weighted by molar-refractivity contribution is 5.96. The second kappa shape index (κ2) is 8.31. The summed E-state index contributed by atoms with van der Waals surface area (Å²) < 4.78 is 36.4. The quantitative estimate of drug-likeness (QED) is 0.718. The summed E-state index contributed by atoms with van der Waals surface area (Å²) in [6.07, 6.45) is 0. The fourth-order valence-electron chi connectivity index (χ4n) is 1.66. The highest BCUT2D eigenvalue weighted by Gasteiger charge is 2.23. The van der Waals surface area contributed by atoms with Gasteiger partial charge < -0.3 is 14.4 Å². The number of nitrogens with zero attached hydrogens (tertiary/aromatic N) is 1. The molecule has 0 heterocycles. The Morgan fingerprint density at radius 3 is 2.62 bits per heavy atom. The number of carbonyl (C=O) groups excluding carboxylic acids is 2. The van der Waals surface area contributed by atoms with Crippen molar-refractivity contribution in [3.05, 3.63) is 35.4 Å². The third kappa shape index (κ3) is 4.78. The number of hydrogen-bond acceptors (Lipinski definition) is 4. The number of benzene rings is 1. The van der Waals surface area contributed by atoms with E-state index in [0.29, 0.717) is 0 Å². The average molecular weight is 301 g/mol. The number of rotatable bonds is 7. The first kappa shape index (κ1) is 17.0. The van der Waals surface area contributed by atoms with Crippen molar-refractivity contribution in [1.82, 2.24) is 4.90 Å². The summed E-state index contributed by atoms with van der Waals surface area (Å²) in [7, 11) is 1.43. The number of halogens is 2. The van der Waals surface area contributed by atoms with Crippen LogP contribution in [0.5, 0.6) is 0 Å². The van der Waals surface area contributed by atoms with E-state index in [1.54, 1.807) is 6.92 Å². The lowest BCUT2D eigenvalue weighted by Gasteiger charge is -2.21. The summed E-state index contributed by atoms with van der Waals surface area (Å²) in [6.45, 7) is 1.66. The van der Waals surface area contributed by atoms with Gasteiger partial charge in [-0.2, -0.15) is 0 Å². The van der Waals surface area contributed by atoms with Crippen molar-refractivity contribution in [2.75, 3.05) is 33.4 Å². The molecular formula is C14H17F2NO4. The van der Waals surface area contributed by atoms with Crippen LogP contribution in [0.15, 0.2) is 18.2 Å². The first-order valence-electron chi connectivity index (χ1n) is 6.39. The van der Waals surface area contributed by atoms with Gasteiger partial charge in [0.05, 0.1) is 18.8 Å². The molecule has 1 amide bonds. The Morgan fingerprint density at radius 1 is 1.29 bits per heavy atom. The molecule has 7 heteroatoms. The van der Waals surface area contributed by atoms with Crippen molar-refractivity contribution in [2.24, 2.45) is 0 Å². The van der Waals surface area contributed by atoms with Gasteiger partial charge in [-0.15, -0.1) is 0 Å². The van der Waals surface area contributed by atoms with Crippen molar-refractivity contribution < 1.29 is 27.8 Å². The molecule has 0 spiro atoms. The van der Waals surface area contributed by atoms with Crippen molar-refractivity contribution in [2.45, 2.75) is 6.92 Å². The number of esters is 1. The van der Waals surface area contributed by atoms with Crippen molar-refractivity contribution in [3.8, 4) is 0 Å². The fourth-order valence-corrected chi connectivity index (χ4v) is 1.66. The Morgan fingerprint density at radius 2 is 2.00 bits per heavy atom. The predicted octanol–water partition coefficient (Wildman–Crippen LogP) is 1.62. The van der Waals surface area contributed by atoms with Gasteiger partial charge in [-0.3, -0.25) is 9.59 Å². The zero-order chi connectivity index (χ0) is 15.8. The van der Waals surface area contributed by atoms with Gasteiger partial charge in [0.2, 0.25) is 0 Å². The van der Waals surface area contributed by atoms with Gasteiger partial charge in [0.25, 0.3) is 5.91 Å². The van der Waals surface area contributed by atoms with Crippen LogP contribution in [0.4, 0.5) is 8.78 Å². The van der Waals surface area contributed by atoms with Gasteiger partial charge in [-0.05, 0) is 19.1 Å². The zero-order valence-corrected chi connectivity index (χ0v) is 11.9. The molecule has 0 bridgehead atoms. The Kier molecular flexibility index (Phi) is 6.74. The van der Waals surface area contributed by atoms with E-state index < -0.39 is 29.1 Å². The van der Waals surface area contributed by atoms with Gasteiger partial charge in [-0.1, -0.05) is 6.07 Å². The van der Waals surface area contributed by atoms with Crippen molar-refractivity contribution >= 4 is 11.9 Å². The lowest BCUT2D eigenvalue weighted by Crippen LogP contribution is -2.39. The van der Waals surface area contributed by atoms with E-state index in [9.17, 15) is 18.4 Å². The minimum Gasteiger partial charge on any atom is -0.465 e. The molecule has 0 saturated carbocycles. The van der Waals surface area contributed by atoms with Gasteiger partial charge in [0.15, 0.2) is 11.6 Å². The molecular weight excluding hydrogens is 284 g/mol. The molecule has 0 saturated heterocycles. The van der Waals surface area contributed by atoms with E-state index in [-0.39, 0.29) is 26.3 Å². The van der Waals surface area contributed by atoms with E-state index in [1.165, 1.54) is 13.2 Å². The molecule has 0 atom stereocenters. The molecule has 0 radical (unpaired) electrons. The minimum atomic E-state index is -1.24. The molecule has 0 aliphatic heterocycles. The van der Waals surface area contributed by atoms with E-state index in [4.69, 9.17) is 9.47 Å². The zero-order valence-electron chi connectivity index (χ0n) is 11.9. The van der Waals surface area contributed by atoms with Crippen LogP contribution in [0, 0.1) is 11.6 Å². The van der Waals surface area contributed by atoms with Gasteiger partial charge in [0, 0.05) is 13.7 Å². The summed E-state index contributed by atoms with van der Waals surface area (Å²) in [5, 5.41) is 0. The van der Waals surface area contributed by atoms with Gasteiger partial charge in [0.1, 0.15) is 6.54 Å². The Hall–Kier alpha value is -2.02.